The zero-order valence-electron chi connectivity index (χ0n) is 14.2. The normalized spacial score (nSPS) is 12.5. The van der Waals surface area contributed by atoms with Gasteiger partial charge >= 0.3 is 0 Å². The summed E-state index contributed by atoms with van der Waals surface area (Å²) in [7, 11) is 0. The monoisotopic (exact) mass is 440 g/mol. The van der Waals surface area contributed by atoms with Gasteiger partial charge in [0, 0.05) is 10.5 Å². The molecule has 8 heteroatoms. The van der Waals surface area contributed by atoms with Gasteiger partial charge in [-0.15, -0.1) is 0 Å². The number of fused-ring (bicyclic) bond motifs is 2. The molecule has 3 aromatic carbocycles. The molecular weight excluding hydrogens is 428 g/mol. The van der Waals surface area contributed by atoms with Crippen LogP contribution < -0.4 is 16.2 Å². The van der Waals surface area contributed by atoms with Gasteiger partial charge in [0.05, 0.1) is 33.6 Å². The van der Waals surface area contributed by atoms with Crippen molar-refractivity contribution < 1.29 is 24.5 Å². The number of carbonyl (C=O) groups excluding carboxylic acids is 2. The molecule has 140 valence electrons. The fraction of sp³-hybridized carbons (Fsp3) is 0. The average molecular weight is 441 g/mol. The first-order valence-corrected chi connectivity index (χ1v) is 8.89. The highest BCUT2D eigenvalue weighted by Crippen LogP contribution is 2.46. The Hall–Kier alpha value is -3.52. The van der Waals surface area contributed by atoms with Crippen molar-refractivity contribution in [2.45, 2.75) is 0 Å². The number of hydrogen-bond donors (Lipinski definition) is 4. The van der Waals surface area contributed by atoms with Crippen LogP contribution in [0, 0.1) is 0 Å². The lowest BCUT2D eigenvalue weighted by molar-refractivity contribution is 0.0975. The number of para-hydroxylation sites is 1. The molecule has 7 nitrogen and oxygen atoms in total. The van der Waals surface area contributed by atoms with Gasteiger partial charge in [-0.25, -0.2) is 0 Å². The van der Waals surface area contributed by atoms with Gasteiger partial charge in [0.1, 0.15) is 17.2 Å². The molecular formula is C20H13BrN2O5. The quantitative estimate of drug-likeness (QED) is 0.276. The molecule has 4 rings (SSSR count). The van der Waals surface area contributed by atoms with E-state index in [1.807, 2.05) is 0 Å². The van der Waals surface area contributed by atoms with Crippen LogP contribution in [0.2, 0.25) is 0 Å². The Bertz CT molecular complexity index is 1180. The summed E-state index contributed by atoms with van der Waals surface area (Å²) >= 11 is 3.15. The van der Waals surface area contributed by atoms with Crippen LogP contribution in [-0.4, -0.2) is 21.8 Å². The summed E-state index contributed by atoms with van der Waals surface area (Å²) in [5, 5.41) is 20.6. The second-order valence-corrected chi connectivity index (χ2v) is 7.03. The van der Waals surface area contributed by atoms with E-state index in [-0.39, 0.29) is 43.9 Å². The zero-order valence-corrected chi connectivity index (χ0v) is 15.8. The molecule has 0 radical (unpaired) electrons. The Balaban J connectivity index is 1.96. The molecule has 28 heavy (non-hydrogen) atoms. The molecule has 0 aliphatic heterocycles. The Morgan fingerprint density at radius 3 is 1.96 bits per heavy atom. The van der Waals surface area contributed by atoms with Gasteiger partial charge in [-0.3, -0.25) is 9.59 Å². The number of phenols is 2. The number of nitrogen functional groups attached to an aromatic ring is 2. The van der Waals surface area contributed by atoms with E-state index in [1.54, 1.807) is 30.3 Å². The summed E-state index contributed by atoms with van der Waals surface area (Å²) in [5.41, 5.74) is 11.0. The number of phenolic OH excluding ortho intramolecular Hbond substituents is 2. The van der Waals surface area contributed by atoms with E-state index in [2.05, 4.69) is 15.9 Å². The van der Waals surface area contributed by atoms with Crippen LogP contribution in [0.1, 0.15) is 31.8 Å². The highest BCUT2D eigenvalue weighted by molar-refractivity contribution is 9.10. The van der Waals surface area contributed by atoms with Crippen molar-refractivity contribution in [1.82, 2.24) is 0 Å². The summed E-state index contributed by atoms with van der Waals surface area (Å²) in [5.74, 6) is -1.90. The first-order chi connectivity index (χ1) is 13.3. The highest BCUT2D eigenvalue weighted by Gasteiger charge is 2.39. The van der Waals surface area contributed by atoms with E-state index in [4.69, 9.17) is 16.2 Å². The van der Waals surface area contributed by atoms with Crippen molar-refractivity contribution in [3.8, 4) is 23.0 Å². The Labute approximate surface area is 167 Å². The third-order valence-corrected chi connectivity index (χ3v) is 5.14. The molecule has 0 heterocycles. The number of nitrogens with two attached hydrogens (primary N) is 2. The molecule has 0 fully saturated rings. The Morgan fingerprint density at radius 1 is 0.786 bits per heavy atom. The van der Waals surface area contributed by atoms with Crippen LogP contribution in [0.5, 0.6) is 23.0 Å². The molecule has 0 atom stereocenters. The molecule has 0 amide bonds. The molecule has 0 aromatic heterocycles. The van der Waals surface area contributed by atoms with Crippen molar-refractivity contribution in [3.05, 3.63) is 69.2 Å². The number of halogens is 1. The Morgan fingerprint density at radius 2 is 1.32 bits per heavy atom. The zero-order chi connectivity index (χ0) is 20.2. The first kappa shape index (κ1) is 17.9. The van der Waals surface area contributed by atoms with E-state index >= 15 is 0 Å². The van der Waals surface area contributed by atoms with Gasteiger partial charge in [-0.05, 0) is 34.1 Å². The number of carbonyl (C=O) groups is 2. The fourth-order valence-electron chi connectivity index (χ4n) is 3.19. The largest absolute Gasteiger partial charge is 0.507 e. The third-order valence-electron chi connectivity index (χ3n) is 4.48. The van der Waals surface area contributed by atoms with Gasteiger partial charge < -0.3 is 26.4 Å². The summed E-state index contributed by atoms with van der Waals surface area (Å²) < 4.78 is 5.92. The number of ketones is 2. The van der Waals surface area contributed by atoms with Crippen molar-refractivity contribution >= 4 is 38.9 Å². The third kappa shape index (κ3) is 2.49. The second kappa shape index (κ2) is 6.28. The smallest absolute Gasteiger partial charge is 0.202 e. The van der Waals surface area contributed by atoms with Crippen LogP contribution in [0.25, 0.3) is 0 Å². The molecule has 0 unspecified atom stereocenters. The van der Waals surface area contributed by atoms with E-state index < -0.39 is 23.1 Å². The lowest BCUT2D eigenvalue weighted by Crippen LogP contribution is -2.24. The molecule has 0 saturated heterocycles. The molecule has 0 bridgehead atoms. The molecule has 3 aromatic rings. The summed E-state index contributed by atoms with van der Waals surface area (Å²) in [6, 6.07) is 11.0. The minimum atomic E-state index is -0.753. The molecule has 6 N–H and O–H groups in total. The lowest BCUT2D eigenvalue weighted by atomic mass is 9.81. The number of rotatable bonds is 2. The second-order valence-electron chi connectivity index (χ2n) is 6.17. The minimum absolute atomic E-state index is 0.00919. The van der Waals surface area contributed by atoms with Crippen LogP contribution in [0.3, 0.4) is 0 Å². The van der Waals surface area contributed by atoms with Crippen LogP contribution >= 0.6 is 15.9 Å². The van der Waals surface area contributed by atoms with Crippen molar-refractivity contribution in [1.29, 1.82) is 0 Å². The van der Waals surface area contributed by atoms with Crippen LogP contribution in [0.15, 0.2) is 46.9 Å². The number of aromatic hydroxyl groups is 2. The summed E-state index contributed by atoms with van der Waals surface area (Å²) in [4.78, 5) is 26.1. The maximum Gasteiger partial charge on any atom is 0.202 e. The topological polar surface area (TPSA) is 136 Å². The number of benzene rings is 3. The van der Waals surface area contributed by atoms with Gasteiger partial charge in [0.25, 0.3) is 0 Å². The highest BCUT2D eigenvalue weighted by atomic mass is 79.9. The maximum absolute atomic E-state index is 13.1. The lowest BCUT2D eigenvalue weighted by Gasteiger charge is -2.23. The van der Waals surface area contributed by atoms with Gasteiger partial charge in [0.15, 0.2) is 11.5 Å². The number of ether oxygens (including phenoxy) is 1. The molecule has 1 aliphatic carbocycles. The predicted octanol–water partition coefficient (Wildman–Crippen LogP) is 3.59. The van der Waals surface area contributed by atoms with Crippen molar-refractivity contribution in [2.24, 2.45) is 0 Å². The maximum atomic E-state index is 13.1. The first-order valence-electron chi connectivity index (χ1n) is 8.10. The van der Waals surface area contributed by atoms with Crippen molar-refractivity contribution in [3.63, 3.8) is 0 Å². The molecule has 1 aliphatic rings. The van der Waals surface area contributed by atoms with E-state index in [0.717, 1.165) is 6.07 Å². The number of hydrogen-bond acceptors (Lipinski definition) is 7. The Kier molecular flexibility index (Phi) is 4.01. The van der Waals surface area contributed by atoms with E-state index in [9.17, 15) is 19.8 Å². The average Bonchev–Trinajstić information content (AvgIpc) is 2.66. The van der Waals surface area contributed by atoms with Gasteiger partial charge in [-0.1, -0.05) is 18.2 Å². The molecule has 0 spiro atoms. The summed E-state index contributed by atoms with van der Waals surface area (Å²) in [6.45, 7) is 0. The van der Waals surface area contributed by atoms with Gasteiger partial charge in [-0.2, -0.15) is 0 Å². The van der Waals surface area contributed by atoms with Crippen LogP contribution in [-0.2, 0) is 0 Å². The van der Waals surface area contributed by atoms with Crippen LogP contribution in [0.4, 0.5) is 11.4 Å². The predicted molar refractivity (Wildman–Crippen MR) is 106 cm³/mol. The standard InChI is InChI=1S/C20H13BrN2O5/c21-9-6-10(24)13-15(17(9)22)20(27)16-14(19(13)26)11(25)7-12(18(16)23)28-8-4-2-1-3-5-8/h1-7,24-25H,22-23H2. The van der Waals surface area contributed by atoms with Gasteiger partial charge in [0.2, 0.25) is 5.78 Å². The fourth-order valence-corrected chi connectivity index (χ4v) is 3.61. The number of anilines is 2. The van der Waals surface area contributed by atoms with E-state index in [1.165, 1.54) is 6.07 Å². The van der Waals surface area contributed by atoms with Crippen molar-refractivity contribution in [2.75, 3.05) is 11.5 Å². The summed E-state index contributed by atoms with van der Waals surface area (Å²) in [6.07, 6.45) is 0. The minimum Gasteiger partial charge on any atom is -0.507 e. The molecule has 0 saturated carbocycles. The van der Waals surface area contributed by atoms with E-state index in [0.29, 0.717) is 5.75 Å². The SMILES string of the molecule is Nc1c(Br)cc(O)c2c1C(=O)c1c(N)c(Oc3ccccc3)cc(O)c1C2=O.